The third-order valence-corrected chi connectivity index (χ3v) is 8.45. The van der Waals surface area contributed by atoms with Crippen LogP contribution in [0.3, 0.4) is 0 Å². The van der Waals surface area contributed by atoms with Crippen molar-refractivity contribution in [3.05, 3.63) is 95.7 Å². The van der Waals surface area contributed by atoms with Gasteiger partial charge in [0.05, 0.1) is 0 Å². The number of nitrogens with one attached hydrogen (secondary N) is 2. The molecule has 0 saturated heterocycles. The first-order chi connectivity index (χ1) is 15.9. The Morgan fingerprint density at radius 3 is 1.41 bits per heavy atom. The molecule has 0 unspecified atom stereocenters. The van der Waals surface area contributed by atoms with E-state index in [-0.39, 0.29) is 13.7 Å². The van der Waals surface area contributed by atoms with E-state index < -0.39 is 0 Å². The monoisotopic (exact) mass is 444 g/mol. The van der Waals surface area contributed by atoms with Crippen LogP contribution in [0.15, 0.2) is 95.7 Å². The molecule has 150 valence electrons. The van der Waals surface area contributed by atoms with Crippen molar-refractivity contribution in [2.24, 2.45) is 0 Å². The minimum atomic E-state index is 0.180. The normalized spacial score (nSPS) is 13.4. The Balaban J connectivity index is 1.39. The second-order valence-electron chi connectivity index (χ2n) is 8.33. The van der Waals surface area contributed by atoms with Crippen molar-refractivity contribution in [2.45, 2.75) is 0 Å². The molecule has 0 aliphatic carbocycles. The first-order valence-electron chi connectivity index (χ1n) is 10.8. The average molecular weight is 444 g/mol. The van der Waals surface area contributed by atoms with Crippen LogP contribution in [0.5, 0.6) is 0 Å². The van der Waals surface area contributed by atoms with Crippen molar-refractivity contribution in [2.75, 3.05) is 10.5 Å². The van der Waals surface area contributed by atoms with E-state index in [9.17, 15) is 0 Å². The van der Waals surface area contributed by atoms with Crippen LogP contribution in [0.25, 0.3) is 20.9 Å². The zero-order valence-corrected chi connectivity index (χ0v) is 18.8. The van der Waals surface area contributed by atoms with Crippen LogP contribution in [0.1, 0.15) is 0 Å². The molecule has 2 aliphatic rings. The molecular weight excluding hydrogens is 426 g/mol. The number of hydrogen-bond acceptors (Lipinski definition) is 4. The highest BCUT2D eigenvalue weighted by molar-refractivity contribution is 7.17. The highest BCUT2D eigenvalue weighted by Crippen LogP contribution is 2.43. The van der Waals surface area contributed by atoms with Gasteiger partial charge in [0.15, 0.2) is 0 Å². The largest absolute Gasteiger partial charge is 0.420 e. The zero-order chi connectivity index (χ0) is 21.1. The van der Waals surface area contributed by atoms with Gasteiger partial charge in [-0.1, -0.05) is 83.7 Å². The van der Waals surface area contributed by atoms with Gasteiger partial charge in [-0.25, -0.2) is 0 Å². The maximum Gasteiger partial charge on any atom is 0.322 e. The molecule has 0 atom stereocenters. The molecule has 0 amide bonds. The Morgan fingerprint density at radius 2 is 0.969 bits per heavy atom. The molecule has 5 aromatic rings. The lowest BCUT2D eigenvalue weighted by Crippen LogP contribution is -2.52. The minimum absolute atomic E-state index is 0.180. The summed E-state index contributed by atoms with van der Waals surface area (Å²) in [5.41, 5.74) is 10.3. The van der Waals surface area contributed by atoms with Crippen molar-refractivity contribution in [1.29, 1.82) is 0 Å². The van der Waals surface area contributed by atoms with E-state index in [1.54, 1.807) is 0 Å². The van der Waals surface area contributed by atoms with Gasteiger partial charge in [-0.15, -0.1) is 22.7 Å². The summed E-state index contributed by atoms with van der Waals surface area (Å²) in [5, 5.41) is 12.1. The molecule has 2 aliphatic heterocycles. The van der Waals surface area contributed by atoms with Crippen LogP contribution < -0.4 is 32.3 Å². The summed E-state index contributed by atoms with van der Waals surface area (Å²) in [6, 6.07) is 30.8. The second-order valence-corrected chi connectivity index (χ2v) is 10.2. The van der Waals surface area contributed by atoms with E-state index in [0.717, 1.165) is 0 Å². The molecular formula is C26H18B2N2S2. The van der Waals surface area contributed by atoms with Crippen LogP contribution >= 0.6 is 22.7 Å². The van der Waals surface area contributed by atoms with Gasteiger partial charge in [0.1, 0.15) is 0 Å². The summed E-state index contributed by atoms with van der Waals surface area (Å²) < 4.78 is 0. The summed E-state index contributed by atoms with van der Waals surface area (Å²) in [7, 11) is 0. The number of hydrogen-bond donors (Lipinski definition) is 2. The quantitative estimate of drug-likeness (QED) is 0.399. The van der Waals surface area contributed by atoms with Crippen molar-refractivity contribution in [3.8, 4) is 20.9 Å². The third-order valence-electron chi connectivity index (χ3n) is 6.53. The summed E-state index contributed by atoms with van der Waals surface area (Å²) in [5.74, 6) is 0. The SMILES string of the molecule is c1ccc(B2Nc3cc4c(cc3-c3sccc32)NB(c2ccccc2)c2ccsc2-4)cc1. The summed E-state index contributed by atoms with van der Waals surface area (Å²) in [6.45, 7) is 0.360. The molecule has 2 N–H and O–H groups in total. The van der Waals surface area contributed by atoms with Crippen molar-refractivity contribution < 1.29 is 0 Å². The summed E-state index contributed by atoms with van der Waals surface area (Å²) in [4.78, 5) is 2.73. The molecule has 0 bridgehead atoms. The highest BCUT2D eigenvalue weighted by Gasteiger charge is 2.35. The molecule has 2 nitrogen and oxygen atoms in total. The number of anilines is 2. The van der Waals surface area contributed by atoms with Crippen molar-refractivity contribution in [3.63, 3.8) is 0 Å². The average Bonchev–Trinajstić information content (AvgIpc) is 3.54. The maximum atomic E-state index is 3.86. The van der Waals surface area contributed by atoms with Crippen LogP contribution in [0.4, 0.5) is 11.4 Å². The molecule has 3 aromatic carbocycles. The fraction of sp³-hybridized carbons (Fsp3) is 0. The molecule has 0 fully saturated rings. The topological polar surface area (TPSA) is 24.1 Å². The molecule has 4 heterocycles. The van der Waals surface area contributed by atoms with Gasteiger partial charge < -0.3 is 10.5 Å². The number of fused-ring (bicyclic) bond motifs is 6. The Bertz CT molecular complexity index is 1330. The fourth-order valence-electron chi connectivity index (χ4n) is 5.03. The van der Waals surface area contributed by atoms with Gasteiger partial charge in [0, 0.05) is 32.3 Å². The van der Waals surface area contributed by atoms with Gasteiger partial charge in [-0.05, 0) is 33.8 Å². The Labute approximate surface area is 196 Å². The number of thiophene rings is 2. The van der Waals surface area contributed by atoms with Gasteiger partial charge in [0.25, 0.3) is 0 Å². The first kappa shape index (κ1) is 18.4. The van der Waals surface area contributed by atoms with Crippen LogP contribution in [0, 0.1) is 0 Å². The van der Waals surface area contributed by atoms with E-state index in [1.807, 2.05) is 22.7 Å². The molecule has 0 spiro atoms. The molecule has 0 saturated carbocycles. The second kappa shape index (κ2) is 7.16. The lowest BCUT2D eigenvalue weighted by atomic mass is 9.48. The lowest BCUT2D eigenvalue weighted by molar-refractivity contribution is 1.59. The smallest absolute Gasteiger partial charge is 0.322 e. The van der Waals surface area contributed by atoms with Crippen LogP contribution in [-0.2, 0) is 0 Å². The molecule has 0 radical (unpaired) electrons. The molecule has 2 aromatic heterocycles. The van der Waals surface area contributed by atoms with Crippen molar-refractivity contribution >= 4 is 69.6 Å². The predicted octanol–water partition coefficient (Wildman–Crippen LogP) is 4.21. The Hall–Kier alpha value is -3.21. The Kier molecular flexibility index (Phi) is 4.11. The standard InChI is InChI=1S/C26H18B2N2S2/c1-3-7-17(8-4-1)27-21-11-13-31-25(21)19-16-24-20(15-23(19)29-27)26-22(12-14-32-26)28(30-24)18-9-5-2-6-10-18/h1-16,29-30H. The van der Waals surface area contributed by atoms with Crippen LogP contribution in [0.2, 0.25) is 0 Å². The number of rotatable bonds is 2. The van der Waals surface area contributed by atoms with E-state index >= 15 is 0 Å². The molecule has 6 heteroatoms. The molecule has 32 heavy (non-hydrogen) atoms. The maximum absolute atomic E-state index is 3.86. The van der Waals surface area contributed by atoms with Crippen molar-refractivity contribution in [1.82, 2.24) is 0 Å². The minimum Gasteiger partial charge on any atom is -0.420 e. The zero-order valence-electron chi connectivity index (χ0n) is 17.2. The van der Waals surface area contributed by atoms with Gasteiger partial charge >= 0.3 is 13.7 Å². The van der Waals surface area contributed by atoms with E-state index in [4.69, 9.17) is 0 Å². The van der Waals surface area contributed by atoms with E-state index in [2.05, 4.69) is 106 Å². The van der Waals surface area contributed by atoms with Gasteiger partial charge in [0.2, 0.25) is 0 Å². The Morgan fingerprint density at radius 1 is 0.531 bits per heavy atom. The predicted molar refractivity (Wildman–Crippen MR) is 143 cm³/mol. The van der Waals surface area contributed by atoms with Gasteiger partial charge in [-0.2, -0.15) is 0 Å². The third kappa shape index (κ3) is 2.73. The van der Waals surface area contributed by atoms with E-state index in [1.165, 1.54) is 54.1 Å². The summed E-state index contributed by atoms with van der Waals surface area (Å²) >= 11 is 3.67. The van der Waals surface area contributed by atoms with Gasteiger partial charge in [-0.3, -0.25) is 0 Å². The number of benzene rings is 3. The molecule has 7 rings (SSSR count). The first-order valence-corrected chi connectivity index (χ1v) is 12.6. The van der Waals surface area contributed by atoms with E-state index in [0.29, 0.717) is 0 Å². The fourth-order valence-corrected chi connectivity index (χ4v) is 6.97. The summed E-state index contributed by atoms with van der Waals surface area (Å²) in [6.07, 6.45) is 0. The lowest BCUT2D eigenvalue weighted by Gasteiger charge is -2.30. The highest BCUT2D eigenvalue weighted by atomic mass is 32.1. The van der Waals surface area contributed by atoms with Crippen LogP contribution in [-0.4, -0.2) is 13.7 Å².